The van der Waals surface area contributed by atoms with E-state index in [-0.39, 0.29) is 12.7 Å². The van der Waals surface area contributed by atoms with Crippen molar-refractivity contribution in [3.8, 4) is 5.75 Å². The molecule has 2 aromatic carbocycles. The van der Waals surface area contributed by atoms with Crippen molar-refractivity contribution >= 4 is 0 Å². The summed E-state index contributed by atoms with van der Waals surface area (Å²) in [7, 11) is 0. The molecule has 2 rings (SSSR count). The molecular formula is C14H14O2. The van der Waals surface area contributed by atoms with Gasteiger partial charge < -0.3 is 9.84 Å². The van der Waals surface area contributed by atoms with Gasteiger partial charge in [0.25, 0.3) is 0 Å². The van der Waals surface area contributed by atoms with Gasteiger partial charge in [0.15, 0.2) is 0 Å². The molecule has 0 aromatic heterocycles. The highest BCUT2D eigenvalue weighted by molar-refractivity contribution is 5.24. The monoisotopic (exact) mass is 214 g/mol. The Morgan fingerprint density at radius 1 is 0.875 bits per heavy atom. The maximum absolute atomic E-state index is 9.32. The zero-order valence-corrected chi connectivity index (χ0v) is 8.91. The van der Waals surface area contributed by atoms with Gasteiger partial charge in [0, 0.05) is 0 Å². The van der Waals surface area contributed by atoms with Gasteiger partial charge in [-0.05, 0) is 17.7 Å². The van der Waals surface area contributed by atoms with Gasteiger partial charge in [-0.25, -0.2) is 0 Å². The van der Waals surface area contributed by atoms with Crippen LogP contribution in [0.1, 0.15) is 11.7 Å². The minimum Gasteiger partial charge on any atom is -0.483 e. The molecule has 0 aliphatic rings. The number of aliphatic hydroxyl groups excluding tert-OH is 1. The summed E-state index contributed by atoms with van der Waals surface area (Å²) in [5.74, 6) is 0.769. The van der Waals surface area contributed by atoms with E-state index in [2.05, 4.69) is 0 Å². The summed E-state index contributed by atoms with van der Waals surface area (Å²) < 4.78 is 5.70. The summed E-state index contributed by atoms with van der Waals surface area (Å²) in [6.45, 7) is -0.0289. The van der Waals surface area contributed by atoms with Gasteiger partial charge in [0.1, 0.15) is 11.9 Å². The molecule has 0 aliphatic heterocycles. The van der Waals surface area contributed by atoms with Crippen molar-refractivity contribution in [1.29, 1.82) is 0 Å². The van der Waals surface area contributed by atoms with Gasteiger partial charge in [-0.15, -0.1) is 0 Å². The maximum atomic E-state index is 9.32. The van der Waals surface area contributed by atoms with Crippen LogP contribution < -0.4 is 4.74 Å². The van der Waals surface area contributed by atoms with Crippen molar-refractivity contribution < 1.29 is 9.84 Å². The van der Waals surface area contributed by atoms with Crippen LogP contribution in [-0.2, 0) is 0 Å². The highest BCUT2D eigenvalue weighted by Crippen LogP contribution is 2.20. The average molecular weight is 214 g/mol. The van der Waals surface area contributed by atoms with E-state index in [0.717, 1.165) is 11.3 Å². The molecule has 0 fully saturated rings. The normalized spacial score (nSPS) is 12.1. The Bertz CT molecular complexity index is 411. The van der Waals surface area contributed by atoms with Gasteiger partial charge in [0.05, 0.1) is 6.61 Å². The fraction of sp³-hybridized carbons (Fsp3) is 0.143. The van der Waals surface area contributed by atoms with Crippen molar-refractivity contribution in [2.45, 2.75) is 6.10 Å². The maximum Gasteiger partial charge on any atom is 0.147 e. The van der Waals surface area contributed by atoms with E-state index in [0.29, 0.717) is 0 Å². The molecule has 0 radical (unpaired) electrons. The van der Waals surface area contributed by atoms with Crippen LogP contribution in [0.25, 0.3) is 0 Å². The van der Waals surface area contributed by atoms with Gasteiger partial charge in [-0.3, -0.25) is 0 Å². The largest absolute Gasteiger partial charge is 0.483 e. The average Bonchev–Trinajstić information content (AvgIpc) is 2.38. The Morgan fingerprint density at radius 2 is 1.44 bits per heavy atom. The summed E-state index contributed by atoms with van der Waals surface area (Å²) >= 11 is 0. The fourth-order valence-electron chi connectivity index (χ4n) is 1.54. The number of rotatable bonds is 4. The molecule has 1 atom stereocenters. The van der Waals surface area contributed by atoms with E-state index in [1.54, 1.807) is 0 Å². The van der Waals surface area contributed by atoms with Crippen LogP contribution in [0.2, 0.25) is 0 Å². The molecule has 2 nitrogen and oxygen atoms in total. The highest BCUT2D eigenvalue weighted by atomic mass is 16.5. The van der Waals surface area contributed by atoms with Gasteiger partial charge in [-0.1, -0.05) is 48.5 Å². The molecule has 2 aromatic rings. The summed E-state index contributed by atoms with van der Waals surface area (Å²) in [5.41, 5.74) is 0.980. The van der Waals surface area contributed by atoms with E-state index in [1.165, 1.54) is 0 Å². The van der Waals surface area contributed by atoms with Crippen molar-refractivity contribution in [2.24, 2.45) is 0 Å². The standard InChI is InChI=1S/C14H14O2/c15-11-14(12-7-3-1-4-8-12)16-13-9-5-2-6-10-13/h1-10,14-15H,11H2/t14-/m1/s1. The quantitative estimate of drug-likeness (QED) is 0.848. The molecular weight excluding hydrogens is 200 g/mol. The molecule has 2 heteroatoms. The first-order chi connectivity index (χ1) is 7.90. The van der Waals surface area contributed by atoms with Crippen LogP contribution in [0.15, 0.2) is 60.7 Å². The number of hydrogen-bond donors (Lipinski definition) is 1. The van der Waals surface area contributed by atoms with Crippen LogP contribution in [0, 0.1) is 0 Å². The molecule has 0 bridgehead atoms. The SMILES string of the molecule is OC[C@@H](Oc1ccccc1)c1ccccc1. The molecule has 0 aliphatic carbocycles. The lowest BCUT2D eigenvalue weighted by Gasteiger charge is -2.17. The summed E-state index contributed by atoms with van der Waals surface area (Å²) in [4.78, 5) is 0. The third-order valence-electron chi connectivity index (χ3n) is 2.36. The molecule has 82 valence electrons. The fourth-order valence-corrected chi connectivity index (χ4v) is 1.54. The number of para-hydroxylation sites is 1. The predicted octanol–water partition coefficient (Wildman–Crippen LogP) is 2.80. The van der Waals surface area contributed by atoms with Crippen LogP contribution in [0.5, 0.6) is 5.75 Å². The van der Waals surface area contributed by atoms with Crippen molar-refractivity contribution in [2.75, 3.05) is 6.61 Å². The lowest BCUT2D eigenvalue weighted by molar-refractivity contribution is 0.116. The van der Waals surface area contributed by atoms with Crippen LogP contribution in [0.4, 0.5) is 0 Å². The van der Waals surface area contributed by atoms with Crippen LogP contribution >= 0.6 is 0 Å². The van der Waals surface area contributed by atoms with E-state index in [1.807, 2.05) is 60.7 Å². The van der Waals surface area contributed by atoms with Gasteiger partial charge >= 0.3 is 0 Å². The van der Waals surface area contributed by atoms with E-state index in [4.69, 9.17) is 4.74 Å². The molecule has 0 unspecified atom stereocenters. The second-order valence-corrected chi connectivity index (χ2v) is 3.51. The third kappa shape index (κ3) is 2.61. The first-order valence-corrected chi connectivity index (χ1v) is 5.27. The predicted molar refractivity (Wildman–Crippen MR) is 63.3 cm³/mol. The molecule has 0 saturated heterocycles. The molecule has 0 saturated carbocycles. The minimum absolute atomic E-state index is 0.0289. The molecule has 0 amide bonds. The molecule has 1 N–H and O–H groups in total. The number of ether oxygens (including phenoxy) is 1. The van der Waals surface area contributed by atoms with Gasteiger partial charge in [-0.2, -0.15) is 0 Å². The van der Waals surface area contributed by atoms with Crippen molar-refractivity contribution in [3.05, 3.63) is 66.2 Å². The Balaban J connectivity index is 2.13. The molecule has 16 heavy (non-hydrogen) atoms. The second-order valence-electron chi connectivity index (χ2n) is 3.51. The zero-order chi connectivity index (χ0) is 11.2. The molecule has 0 heterocycles. The third-order valence-corrected chi connectivity index (χ3v) is 2.36. The van der Waals surface area contributed by atoms with Crippen LogP contribution in [0.3, 0.4) is 0 Å². The Morgan fingerprint density at radius 3 is 2.00 bits per heavy atom. The van der Waals surface area contributed by atoms with Crippen molar-refractivity contribution in [1.82, 2.24) is 0 Å². The lowest BCUT2D eigenvalue weighted by Crippen LogP contribution is -2.11. The first kappa shape index (κ1) is 10.7. The zero-order valence-electron chi connectivity index (χ0n) is 8.91. The van der Waals surface area contributed by atoms with Gasteiger partial charge in [0.2, 0.25) is 0 Å². The number of benzene rings is 2. The summed E-state index contributed by atoms with van der Waals surface area (Å²) in [6.07, 6.45) is -0.302. The Kier molecular flexibility index (Phi) is 3.57. The summed E-state index contributed by atoms with van der Waals surface area (Å²) in [5, 5.41) is 9.32. The minimum atomic E-state index is -0.302. The number of aliphatic hydroxyl groups is 1. The second kappa shape index (κ2) is 5.33. The molecule has 0 spiro atoms. The van der Waals surface area contributed by atoms with E-state index >= 15 is 0 Å². The smallest absolute Gasteiger partial charge is 0.147 e. The Labute approximate surface area is 95.1 Å². The van der Waals surface area contributed by atoms with E-state index in [9.17, 15) is 5.11 Å². The highest BCUT2D eigenvalue weighted by Gasteiger charge is 2.10. The first-order valence-electron chi connectivity index (χ1n) is 5.27. The van der Waals surface area contributed by atoms with Crippen molar-refractivity contribution in [3.63, 3.8) is 0 Å². The number of hydrogen-bond acceptors (Lipinski definition) is 2. The topological polar surface area (TPSA) is 29.5 Å². The lowest BCUT2D eigenvalue weighted by atomic mass is 10.1. The summed E-state index contributed by atoms with van der Waals surface area (Å²) in [6, 6.07) is 19.2. The van der Waals surface area contributed by atoms with E-state index < -0.39 is 0 Å². The Hall–Kier alpha value is -1.80. The van der Waals surface area contributed by atoms with Crippen LogP contribution in [-0.4, -0.2) is 11.7 Å².